The number of hydrogen-bond donors (Lipinski definition) is 0. The van der Waals surface area contributed by atoms with Crippen molar-refractivity contribution >= 4 is 16.3 Å². The molecule has 0 bridgehead atoms. The molecule has 0 N–H and O–H groups in total. The van der Waals surface area contributed by atoms with E-state index in [0.717, 1.165) is 47.0 Å². The number of methoxy groups -OCH3 is 1. The lowest BCUT2D eigenvalue weighted by atomic mass is 10.1. The van der Waals surface area contributed by atoms with Crippen LogP contribution in [0.25, 0.3) is 16.2 Å². The van der Waals surface area contributed by atoms with E-state index in [-0.39, 0.29) is 0 Å². The van der Waals surface area contributed by atoms with E-state index in [9.17, 15) is 0 Å². The van der Waals surface area contributed by atoms with Crippen molar-refractivity contribution in [1.29, 1.82) is 0 Å². The summed E-state index contributed by atoms with van der Waals surface area (Å²) >= 11 is 1.64. The summed E-state index contributed by atoms with van der Waals surface area (Å²) in [6.07, 6.45) is 7.17. The standard InChI is InChI=1S/C22H22N2O2S/c1-25-21-8-3-2-6-18(21)7-4-5-14-26-19-11-9-17(10-12-19)20-16-24-13-15-27-22(24)23-20/h2-3,6,8-13,15-16H,4-5,7,14H2,1H3. The van der Waals surface area contributed by atoms with Gasteiger partial charge in [0.2, 0.25) is 0 Å². The van der Waals surface area contributed by atoms with Crippen molar-refractivity contribution < 1.29 is 9.47 Å². The molecule has 0 aliphatic heterocycles. The Bertz CT molecular complexity index is 976. The molecule has 0 spiro atoms. The summed E-state index contributed by atoms with van der Waals surface area (Å²) in [6, 6.07) is 16.4. The Morgan fingerprint density at radius 3 is 2.70 bits per heavy atom. The maximum atomic E-state index is 5.88. The van der Waals surface area contributed by atoms with E-state index in [0.29, 0.717) is 6.61 Å². The van der Waals surface area contributed by atoms with Crippen LogP contribution in [-0.4, -0.2) is 23.1 Å². The molecule has 2 heterocycles. The SMILES string of the molecule is COc1ccccc1CCCCOc1ccc(-c2cn3ccsc3n2)cc1. The van der Waals surface area contributed by atoms with Crippen molar-refractivity contribution in [3.05, 3.63) is 71.9 Å². The van der Waals surface area contributed by atoms with Crippen molar-refractivity contribution in [3.8, 4) is 22.8 Å². The van der Waals surface area contributed by atoms with Gasteiger partial charge < -0.3 is 9.47 Å². The number of benzene rings is 2. The number of aromatic nitrogens is 2. The summed E-state index contributed by atoms with van der Waals surface area (Å²) in [7, 11) is 1.72. The summed E-state index contributed by atoms with van der Waals surface area (Å²) in [6.45, 7) is 0.717. The number of fused-ring (bicyclic) bond motifs is 1. The van der Waals surface area contributed by atoms with E-state index < -0.39 is 0 Å². The molecule has 27 heavy (non-hydrogen) atoms. The fourth-order valence-corrected chi connectivity index (χ4v) is 3.81. The van der Waals surface area contributed by atoms with Gasteiger partial charge in [-0.3, -0.25) is 4.40 Å². The average molecular weight is 378 g/mol. The minimum Gasteiger partial charge on any atom is -0.496 e. The zero-order valence-corrected chi connectivity index (χ0v) is 16.1. The zero-order valence-electron chi connectivity index (χ0n) is 15.3. The van der Waals surface area contributed by atoms with Crippen LogP contribution < -0.4 is 9.47 Å². The molecule has 2 aromatic heterocycles. The first kappa shape index (κ1) is 17.6. The number of imidazole rings is 1. The summed E-state index contributed by atoms with van der Waals surface area (Å²) in [5.41, 5.74) is 3.35. The van der Waals surface area contributed by atoms with Gasteiger partial charge in [-0.05, 0) is 55.2 Å². The molecular weight excluding hydrogens is 356 g/mol. The fraction of sp³-hybridized carbons (Fsp3) is 0.227. The van der Waals surface area contributed by atoms with Crippen molar-refractivity contribution in [2.45, 2.75) is 19.3 Å². The molecule has 0 atom stereocenters. The van der Waals surface area contributed by atoms with Crippen LogP contribution in [0, 0.1) is 0 Å². The summed E-state index contributed by atoms with van der Waals surface area (Å²) in [5.74, 6) is 1.87. The molecule has 0 saturated heterocycles. The van der Waals surface area contributed by atoms with Gasteiger partial charge in [0.25, 0.3) is 0 Å². The minimum absolute atomic E-state index is 0.717. The lowest BCUT2D eigenvalue weighted by molar-refractivity contribution is 0.306. The molecule has 0 fully saturated rings. The van der Waals surface area contributed by atoms with E-state index in [1.165, 1.54) is 5.56 Å². The molecule has 138 valence electrons. The molecule has 5 heteroatoms. The van der Waals surface area contributed by atoms with Crippen LogP contribution in [0.15, 0.2) is 66.3 Å². The summed E-state index contributed by atoms with van der Waals surface area (Å²) in [4.78, 5) is 5.65. The van der Waals surface area contributed by atoms with Crippen LogP contribution >= 0.6 is 11.3 Å². The predicted octanol–water partition coefficient (Wildman–Crippen LogP) is 5.47. The lowest BCUT2D eigenvalue weighted by Crippen LogP contribution is -1.99. The van der Waals surface area contributed by atoms with Crippen LogP contribution in [-0.2, 0) is 6.42 Å². The third-order valence-corrected chi connectivity index (χ3v) is 5.32. The Labute approximate surface area is 163 Å². The molecule has 0 amide bonds. The van der Waals surface area contributed by atoms with Gasteiger partial charge in [-0.15, -0.1) is 11.3 Å². The van der Waals surface area contributed by atoms with Gasteiger partial charge in [0.15, 0.2) is 4.96 Å². The molecule has 0 saturated carbocycles. The first-order valence-corrected chi connectivity index (χ1v) is 9.99. The Hall–Kier alpha value is -2.79. The van der Waals surface area contributed by atoms with E-state index in [4.69, 9.17) is 9.47 Å². The van der Waals surface area contributed by atoms with E-state index >= 15 is 0 Å². The molecule has 4 nitrogen and oxygen atoms in total. The first-order valence-electron chi connectivity index (χ1n) is 9.11. The van der Waals surface area contributed by atoms with Crippen molar-refractivity contribution in [2.75, 3.05) is 13.7 Å². The van der Waals surface area contributed by atoms with E-state index in [1.54, 1.807) is 18.4 Å². The first-order chi connectivity index (χ1) is 13.3. The van der Waals surface area contributed by atoms with Gasteiger partial charge in [0.05, 0.1) is 19.4 Å². The quantitative estimate of drug-likeness (QED) is 0.381. The molecule has 2 aromatic carbocycles. The second kappa shape index (κ2) is 8.27. The topological polar surface area (TPSA) is 35.8 Å². The number of rotatable bonds is 8. The van der Waals surface area contributed by atoms with Crippen LogP contribution in [0.4, 0.5) is 0 Å². The summed E-state index contributed by atoms with van der Waals surface area (Å²) < 4.78 is 13.3. The molecular formula is C22H22N2O2S. The molecule has 0 aliphatic rings. The van der Waals surface area contributed by atoms with Gasteiger partial charge >= 0.3 is 0 Å². The Morgan fingerprint density at radius 2 is 1.89 bits per heavy atom. The van der Waals surface area contributed by atoms with Gasteiger partial charge in [0, 0.05) is 23.3 Å². The number of aryl methyl sites for hydroxylation is 1. The van der Waals surface area contributed by atoms with E-state index in [1.807, 2.05) is 40.2 Å². The normalized spacial score (nSPS) is 11.0. The molecule has 0 radical (unpaired) electrons. The average Bonchev–Trinajstić information content (AvgIpc) is 3.31. The number of unbranched alkanes of at least 4 members (excludes halogenated alkanes) is 1. The van der Waals surface area contributed by atoms with Gasteiger partial charge in [0.1, 0.15) is 11.5 Å². The second-order valence-corrected chi connectivity index (χ2v) is 7.23. The maximum Gasteiger partial charge on any atom is 0.194 e. The largest absolute Gasteiger partial charge is 0.496 e. The Kier molecular flexibility index (Phi) is 5.39. The number of hydrogen-bond acceptors (Lipinski definition) is 4. The predicted molar refractivity (Wildman–Crippen MR) is 110 cm³/mol. The van der Waals surface area contributed by atoms with Gasteiger partial charge in [-0.2, -0.15) is 0 Å². The highest BCUT2D eigenvalue weighted by Crippen LogP contribution is 2.24. The number of para-hydroxylation sites is 1. The van der Waals surface area contributed by atoms with Crippen LogP contribution in [0.2, 0.25) is 0 Å². The van der Waals surface area contributed by atoms with Crippen molar-refractivity contribution in [2.24, 2.45) is 0 Å². The van der Waals surface area contributed by atoms with Crippen molar-refractivity contribution in [3.63, 3.8) is 0 Å². The molecule has 0 aliphatic carbocycles. The highest BCUT2D eigenvalue weighted by molar-refractivity contribution is 7.15. The number of thiazole rings is 1. The smallest absolute Gasteiger partial charge is 0.194 e. The fourth-order valence-electron chi connectivity index (χ4n) is 3.11. The highest BCUT2D eigenvalue weighted by atomic mass is 32.1. The van der Waals surface area contributed by atoms with E-state index in [2.05, 4.69) is 35.4 Å². The van der Waals surface area contributed by atoms with Gasteiger partial charge in [-0.1, -0.05) is 18.2 Å². The van der Waals surface area contributed by atoms with Crippen molar-refractivity contribution in [1.82, 2.24) is 9.38 Å². The summed E-state index contributed by atoms with van der Waals surface area (Å²) in [5, 5.41) is 2.04. The Balaban J connectivity index is 1.26. The Morgan fingerprint density at radius 1 is 1.04 bits per heavy atom. The van der Waals surface area contributed by atoms with Crippen LogP contribution in [0.1, 0.15) is 18.4 Å². The number of ether oxygens (including phenoxy) is 2. The third-order valence-electron chi connectivity index (χ3n) is 4.55. The third kappa shape index (κ3) is 4.14. The lowest BCUT2D eigenvalue weighted by Gasteiger charge is -2.09. The van der Waals surface area contributed by atoms with Gasteiger partial charge in [-0.25, -0.2) is 4.98 Å². The monoisotopic (exact) mass is 378 g/mol. The van der Waals surface area contributed by atoms with Crippen LogP contribution in [0.3, 0.4) is 0 Å². The second-order valence-electron chi connectivity index (χ2n) is 6.36. The maximum absolute atomic E-state index is 5.88. The number of nitrogens with zero attached hydrogens (tertiary/aromatic N) is 2. The zero-order chi connectivity index (χ0) is 18.5. The molecule has 4 rings (SSSR count). The molecule has 0 unspecified atom stereocenters. The molecule has 4 aromatic rings. The van der Waals surface area contributed by atoms with Crippen LogP contribution in [0.5, 0.6) is 11.5 Å². The highest BCUT2D eigenvalue weighted by Gasteiger charge is 2.06. The minimum atomic E-state index is 0.717.